The summed E-state index contributed by atoms with van der Waals surface area (Å²) in [4.78, 5) is 25.8. The monoisotopic (exact) mass is 386 g/mol. The Labute approximate surface area is 166 Å². The van der Waals surface area contributed by atoms with Crippen molar-refractivity contribution in [3.8, 4) is 0 Å². The highest BCUT2D eigenvalue weighted by Crippen LogP contribution is 2.25. The molecule has 0 heterocycles. The molecule has 0 fully saturated rings. The fourth-order valence-corrected chi connectivity index (χ4v) is 2.98. The summed E-state index contributed by atoms with van der Waals surface area (Å²) in [6.07, 6.45) is 0.687. The average Bonchev–Trinajstić information content (AvgIpc) is 2.59. The van der Waals surface area contributed by atoms with Gasteiger partial charge in [-0.05, 0) is 47.2 Å². The van der Waals surface area contributed by atoms with Crippen LogP contribution in [0.4, 0.5) is 5.69 Å². The first kappa shape index (κ1) is 21.0. The number of amides is 2. The number of halogens is 1. The predicted octanol–water partition coefficient (Wildman–Crippen LogP) is 4.35. The van der Waals surface area contributed by atoms with E-state index in [1.165, 1.54) is 17.4 Å². The Morgan fingerprint density at radius 1 is 1.07 bits per heavy atom. The minimum Gasteiger partial charge on any atom is -0.354 e. The third-order valence-electron chi connectivity index (χ3n) is 4.35. The fourth-order valence-electron chi connectivity index (χ4n) is 2.76. The first-order chi connectivity index (χ1) is 12.7. The van der Waals surface area contributed by atoms with Crippen molar-refractivity contribution in [3.63, 3.8) is 0 Å². The van der Waals surface area contributed by atoms with Gasteiger partial charge in [-0.25, -0.2) is 0 Å². The third kappa shape index (κ3) is 6.40. The van der Waals surface area contributed by atoms with Gasteiger partial charge < -0.3 is 10.2 Å². The first-order valence-electron chi connectivity index (χ1n) is 9.06. The smallest absolute Gasteiger partial charge is 0.240 e. The predicted molar refractivity (Wildman–Crippen MR) is 111 cm³/mol. The Bertz CT molecular complexity index is 795. The van der Waals surface area contributed by atoms with E-state index in [-0.39, 0.29) is 23.8 Å². The van der Waals surface area contributed by atoms with E-state index in [0.717, 1.165) is 11.3 Å². The van der Waals surface area contributed by atoms with Gasteiger partial charge in [0.25, 0.3) is 0 Å². The van der Waals surface area contributed by atoms with Crippen LogP contribution in [-0.4, -0.2) is 24.9 Å². The molecule has 4 nitrogen and oxygen atoms in total. The first-order valence-corrected chi connectivity index (χ1v) is 9.44. The summed E-state index contributed by atoms with van der Waals surface area (Å²) in [6.45, 7) is 8.37. The third-order valence-corrected chi connectivity index (χ3v) is 4.59. The van der Waals surface area contributed by atoms with Gasteiger partial charge in [-0.3, -0.25) is 9.59 Å². The molecule has 27 heavy (non-hydrogen) atoms. The largest absolute Gasteiger partial charge is 0.354 e. The van der Waals surface area contributed by atoms with Crippen LogP contribution in [-0.2, 0) is 21.4 Å². The van der Waals surface area contributed by atoms with E-state index in [0.29, 0.717) is 18.0 Å². The number of nitrogens with one attached hydrogen (secondary N) is 1. The highest BCUT2D eigenvalue weighted by atomic mass is 35.5. The zero-order chi connectivity index (χ0) is 20.0. The van der Waals surface area contributed by atoms with Crippen molar-refractivity contribution in [2.24, 2.45) is 0 Å². The molecule has 0 saturated carbocycles. The molecular weight excluding hydrogens is 360 g/mol. The Morgan fingerprint density at radius 2 is 1.74 bits per heavy atom. The molecule has 2 aromatic rings. The van der Waals surface area contributed by atoms with E-state index in [9.17, 15) is 9.59 Å². The van der Waals surface area contributed by atoms with Crippen molar-refractivity contribution in [2.75, 3.05) is 18.0 Å². The van der Waals surface area contributed by atoms with Gasteiger partial charge in [0.05, 0.1) is 0 Å². The van der Waals surface area contributed by atoms with Gasteiger partial charge in [0.15, 0.2) is 0 Å². The molecule has 0 saturated heterocycles. The molecule has 2 amide bonds. The van der Waals surface area contributed by atoms with Crippen LogP contribution in [0, 0.1) is 0 Å². The number of carbonyl (C=O) groups excluding carboxylic acids is 2. The van der Waals surface area contributed by atoms with Gasteiger partial charge in [0.1, 0.15) is 6.54 Å². The van der Waals surface area contributed by atoms with Gasteiger partial charge in [-0.2, -0.15) is 0 Å². The molecule has 0 aliphatic carbocycles. The van der Waals surface area contributed by atoms with Gasteiger partial charge in [-0.15, -0.1) is 0 Å². The summed E-state index contributed by atoms with van der Waals surface area (Å²) >= 11 is 5.97. The summed E-state index contributed by atoms with van der Waals surface area (Å²) in [5, 5.41) is 3.55. The van der Waals surface area contributed by atoms with E-state index in [1.807, 2.05) is 48.5 Å². The second-order valence-corrected chi connectivity index (χ2v) is 8.07. The van der Waals surface area contributed by atoms with E-state index in [1.54, 1.807) is 0 Å². The standard InChI is InChI=1S/C22H27ClN2O2/c1-16(26)25(20-10-8-18(9-11-20)22(2,3)4)15-21(27)24-13-12-17-6-5-7-19(23)14-17/h5-11,14H,12-13,15H2,1-4H3,(H,24,27). The molecule has 0 unspecified atom stereocenters. The molecule has 2 aromatic carbocycles. The topological polar surface area (TPSA) is 49.4 Å². The molecule has 0 radical (unpaired) electrons. The van der Waals surface area contributed by atoms with Crippen LogP contribution in [0.3, 0.4) is 0 Å². The second kappa shape index (κ2) is 9.05. The Hall–Kier alpha value is -2.33. The van der Waals surface area contributed by atoms with Crippen molar-refractivity contribution in [2.45, 2.75) is 39.5 Å². The van der Waals surface area contributed by atoms with Crippen LogP contribution in [0.25, 0.3) is 0 Å². The number of carbonyl (C=O) groups is 2. The molecule has 5 heteroatoms. The fraction of sp³-hybridized carbons (Fsp3) is 0.364. The molecule has 0 atom stereocenters. The second-order valence-electron chi connectivity index (χ2n) is 7.63. The van der Waals surface area contributed by atoms with E-state index < -0.39 is 0 Å². The summed E-state index contributed by atoms with van der Waals surface area (Å²) in [7, 11) is 0. The van der Waals surface area contributed by atoms with Crippen LogP contribution in [0.5, 0.6) is 0 Å². The van der Waals surface area contributed by atoms with Crippen molar-refractivity contribution >= 4 is 29.1 Å². The molecule has 0 aliphatic heterocycles. The lowest BCUT2D eigenvalue weighted by Gasteiger charge is -2.23. The lowest BCUT2D eigenvalue weighted by Crippen LogP contribution is -2.40. The normalized spacial score (nSPS) is 11.1. The Balaban J connectivity index is 1.95. The number of hydrogen-bond acceptors (Lipinski definition) is 2. The van der Waals surface area contributed by atoms with Crippen molar-refractivity contribution < 1.29 is 9.59 Å². The van der Waals surface area contributed by atoms with Gasteiger partial charge in [-0.1, -0.05) is 56.6 Å². The number of anilines is 1. The molecule has 0 bridgehead atoms. The van der Waals surface area contributed by atoms with E-state index in [4.69, 9.17) is 11.6 Å². The zero-order valence-electron chi connectivity index (χ0n) is 16.4. The number of rotatable bonds is 6. The van der Waals surface area contributed by atoms with Crippen LogP contribution in [0.2, 0.25) is 5.02 Å². The lowest BCUT2D eigenvalue weighted by atomic mass is 9.87. The Morgan fingerprint density at radius 3 is 2.30 bits per heavy atom. The SMILES string of the molecule is CC(=O)N(CC(=O)NCCc1cccc(Cl)c1)c1ccc(C(C)(C)C)cc1. The molecular formula is C22H27ClN2O2. The van der Waals surface area contributed by atoms with Crippen LogP contribution >= 0.6 is 11.6 Å². The molecule has 0 spiro atoms. The minimum absolute atomic E-state index is 0.000254. The highest BCUT2D eigenvalue weighted by molar-refractivity contribution is 6.30. The molecule has 1 N–H and O–H groups in total. The van der Waals surface area contributed by atoms with Crippen LogP contribution in [0.1, 0.15) is 38.8 Å². The molecule has 144 valence electrons. The van der Waals surface area contributed by atoms with Gasteiger partial charge >= 0.3 is 0 Å². The zero-order valence-corrected chi connectivity index (χ0v) is 17.1. The molecule has 0 aromatic heterocycles. The maximum atomic E-state index is 12.3. The number of nitrogens with zero attached hydrogens (tertiary/aromatic N) is 1. The van der Waals surface area contributed by atoms with Gasteiger partial charge in [0.2, 0.25) is 11.8 Å². The summed E-state index contributed by atoms with van der Waals surface area (Å²) in [5.41, 5.74) is 3.00. The number of hydrogen-bond donors (Lipinski definition) is 1. The van der Waals surface area contributed by atoms with E-state index in [2.05, 4.69) is 26.1 Å². The molecule has 0 aliphatic rings. The van der Waals surface area contributed by atoms with Crippen molar-refractivity contribution in [1.82, 2.24) is 5.32 Å². The number of benzene rings is 2. The van der Waals surface area contributed by atoms with Crippen molar-refractivity contribution in [3.05, 3.63) is 64.7 Å². The maximum Gasteiger partial charge on any atom is 0.240 e. The summed E-state index contributed by atoms with van der Waals surface area (Å²) in [5.74, 6) is -0.351. The quantitative estimate of drug-likeness (QED) is 0.802. The van der Waals surface area contributed by atoms with Gasteiger partial charge in [0, 0.05) is 24.2 Å². The minimum atomic E-state index is -0.188. The maximum absolute atomic E-state index is 12.3. The summed E-state index contributed by atoms with van der Waals surface area (Å²) in [6, 6.07) is 15.3. The van der Waals surface area contributed by atoms with Crippen LogP contribution < -0.4 is 10.2 Å². The van der Waals surface area contributed by atoms with Crippen LogP contribution in [0.15, 0.2) is 48.5 Å². The Kier molecular flexibility index (Phi) is 7.03. The lowest BCUT2D eigenvalue weighted by molar-refractivity contribution is -0.123. The van der Waals surface area contributed by atoms with Crippen molar-refractivity contribution in [1.29, 1.82) is 0 Å². The average molecular weight is 387 g/mol. The highest BCUT2D eigenvalue weighted by Gasteiger charge is 2.18. The van der Waals surface area contributed by atoms with E-state index >= 15 is 0 Å². The summed E-state index contributed by atoms with van der Waals surface area (Å²) < 4.78 is 0. The molecule has 2 rings (SSSR count).